The molecule has 3 aromatic rings. The van der Waals surface area contributed by atoms with Crippen LogP contribution in [0.2, 0.25) is 10.0 Å². The summed E-state index contributed by atoms with van der Waals surface area (Å²) in [6, 6.07) is 12.8. The summed E-state index contributed by atoms with van der Waals surface area (Å²) in [6.07, 6.45) is 1.99. The molecule has 0 aliphatic heterocycles. The number of rotatable bonds is 2. The van der Waals surface area contributed by atoms with Crippen LogP contribution < -0.4 is 0 Å². The lowest BCUT2D eigenvalue weighted by Gasteiger charge is -2.07. The summed E-state index contributed by atoms with van der Waals surface area (Å²) in [7, 11) is 0. The third-order valence-corrected chi connectivity index (χ3v) is 3.62. The number of aromatic nitrogens is 1. The SMILES string of the molecule is Oc1ccc(Cn2ccc3c(Cl)cc(Cl)cc32)cc1. The van der Waals surface area contributed by atoms with Crippen LogP contribution in [0.1, 0.15) is 5.56 Å². The number of benzene rings is 2. The van der Waals surface area contributed by atoms with E-state index in [0.717, 1.165) is 16.5 Å². The molecule has 0 aliphatic rings. The smallest absolute Gasteiger partial charge is 0.115 e. The fourth-order valence-electron chi connectivity index (χ4n) is 2.15. The van der Waals surface area contributed by atoms with Crippen molar-refractivity contribution in [2.75, 3.05) is 0 Å². The average Bonchev–Trinajstić information content (AvgIpc) is 2.76. The Balaban J connectivity index is 2.03. The third kappa shape index (κ3) is 2.42. The van der Waals surface area contributed by atoms with E-state index in [1.807, 2.05) is 30.5 Å². The fraction of sp³-hybridized carbons (Fsp3) is 0.0667. The van der Waals surface area contributed by atoms with Gasteiger partial charge in [0.1, 0.15) is 5.75 Å². The largest absolute Gasteiger partial charge is 0.508 e. The van der Waals surface area contributed by atoms with Gasteiger partial charge in [0, 0.05) is 23.2 Å². The van der Waals surface area contributed by atoms with Crippen molar-refractivity contribution in [3.05, 3.63) is 64.3 Å². The lowest BCUT2D eigenvalue weighted by atomic mass is 10.2. The second-order valence-corrected chi connectivity index (χ2v) is 5.27. The molecule has 1 aromatic heterocycles. The van der Waals surface area contributed by atoms with Gasteiger partial charge >= 0.3 is 0 Å². The number of phenolic OH excluding ortho intramolecular Hbond substituents is 1. The van der Waals surface area contributed by atoms with Crippen molar-refractivity contribution in [3.63, 3.8) is 0 Å². The molecule has 0 saturated carbocycles. The monoisotopic (exact) mass is 291 g/mol. The van der Waals surface area contributed by atoms with Crippen LogP contribution in [-0.2, 0) is 6.54 Å². The van der Waals surface area contributed by atoms with E-state index >= 15 is 0 Å². The lowest BCUT2D eigenvalue weighted by Crippen LogP contribution is -1.97. The summed E-state index contributed by atoms with van der Waals surface area (Å²) < 4.78 is 2.08. The molecule has 0 atom stereocenters. The average molecular weight is 292 g/mol. The van der Waals surface area contributed by atoms with E-state index in [4.69, 9.17) is 23.2 Å². The summed E-state index contributed by atoms with van der Waals surface area (Å²) >= 11 is 12.2. The summed E-state index contributed by atoms with van der Waals surface area (Å²) in [6.45, 7) is 0.709. The van der Waals surface area contributed by atoms with Crippen molar-refractivity contribution < 1.29 is 5.11 Å². The Labute approximate surface area is 120 Å². The molecule has 1 N–H and O–H groups in total. The van der Waals surface area contributed by atoms with E-state index in [1.54, 1.807) is 18.2 Å². The van der Waals surface area contributed by atoms with Gasteiger partial charge in [0.15, 0.2) is 0 Å². The highest BCUT2D eigenvalue weighted by Gasteiger charge is 2.07. The number of phenols is 1. The Kier molecular flexibility index (Phi) is 3.13. The Morgan fingerprint density at radius 3 is 2.47 bits per heavy atom. The normalized spacial score (nSPS) is 11.1. The van der Waals surface area contributed by atoms with Crippen LogP contribution in [0.4, 0.5) is 0 Å². The molecule has 96 valence electrons. The van der Waals surface area contributed by atoms with Crippen LogP contribution in [0.5, 0.6) is 5.75 Å². The maximum Gasteiger partial charge on any atom is 0.115 e. The van der Waals surface area contributed by atoms with Gasteiger partial charge in [-0.15, -0.1) is 0 Å². The molecule has 0 fully saturated rings. The Morgan fingerprint density at radius 1 is 1.00 bits per heavy atom. The van der Waals surface area contributed by atoms with Crippen molar-refractivity contribution in [3.8, 4) is 5.75 Å². The molecule has 0 radical (unpaired) electrons. The molecule has 2 nitrogen and oxygen atoms in total. The number of nitrogens with zero attached hydrogens (tertiary/aromatic N) is 1. The summed E-state index contributed by atoms with van der Waals surface area (Å²) in [5, 5.41) is 11.6. The van der Waals surface area contributed by atoms with E-state index in [0.29, 0.717) is 16.6 Å². The van der Waals surface area contributed by atoms with E-state index in [2.05, 4.69) is 4.57 Å². The number of aromatic hydroxyl groups is 1. The second-order valence-electron chi connectivity index (χ2n) is 4.43. The molecule has 4 heteroatoms. The first-order valence-electron chi connectivity index (χ1n) is 5.85. The topological polar surface area (TPSA) is 25.2 Å². The highest BCUT2D eigenvalue weighted by atomic mass is 35.5. The Hall–Kier alpha value is -1.64. The highest BCUT2D eigenvalue weighted by molar-refractivity contribution is 6.38. The first-order chi connectivity index (χ1) is 9.13. The second kappa shape index (κ2) is 4.80. The van der Waals surface area contributed by atoms with Crippen LogP contribution in [0.15, 0.2) is 48.7 Å². The lowest BCUT2D eigenvalue weighted by molar-refractivity contribution is 0.475. The van der Waals surface area contributed by atoms with E-state index in [-0.39, 0.29) is 5.75 Å². The first-order valence-corrected chi connectivity index (χ1v) is 6.61. The third-order valence-electron chi connectivity index (χ3n) is 3.09. The maximum absolute atomic E-state index is 9.29. The predicted molar refractivity (Wildman–Crippen MR) is 79.2 cm³/mol. The molecule has 3 rings (SSSR count). The van der Waals surface area contributed by atoms with Crippen LogP contribution in [0, 0.1) is 0 Å². The molecule has 19 heavy (non-hydrogen) atoms. The minimum Gasteiger partial charge on any atom is -0.508 e. The van der Waals surface area contributed by atoms with Gasteiger partial charge < -0.3 is 9.67 Å². The quantitative estimate of drug-likeness (QED) is 0.727. The number of fused-ring (bicyclic) bond motifs is 1. The Bertz CT molecular complexity index is 732. The molecule has 0 bridgehead atoms. The molecule has 1 heterocycles. The zero-order chi connectivity index (χ0) is 13.4. The van der Waals surface area contributed by atoms with Gasteiger partial charge in [0.25, 0.3) is 0 Å². The standard InChI is InChI=1S/C15H11Cl2NO/c16-11-7-14(17)13-5-6-18(15(13)8-11)9-10-1-3-12(19)4-2-10/h1-8,19H,9H2. The van der Waals surface area contributed by atoms with Gasteiger partial charge in [-0.05, 0) is 35.9 Å². The van der Waals surface area contributed by atoms with Crippen molar-refractivity contribution in [1.29, 1.82) is 0 Å². The van der Waals surface area contributed by atoms with Gasteiger partial charge in [-0.2, -0.15) is 0 Å². The van der Waals surface area contributed by atoms with Crippen molar-refractivity contribution in [2.45, 2.75) is 6.54 Å². The van der Waals surface area contributed by atoms with Gasteiger partial charge in [-0.3, -0.25) is 0 Å². The number of hydrogen-bond donors (Lipinski definition) is 1. The van der Waals surface area contributed by atoms with Gasteiger partial charge in [-0.25, -0.2) is 0 Å². The zero-order valence-corrected chi connectivity index (χ0v) is 11.5. The fourth-order valence-corrected chi connectivity index (χ4v) is 2.70. The van der Waals surface area contributed by atoms with Crippen LogP contribution in [0.25, 0.3) is 10.9 Å². The van der Waals surface area contributed by atoms with Crippen molar-refractivity contribution in [1.82, 2.24) is 4.57 Å². The summed E-state index contributed by atoms with van der Waals surface area (Å²) in [4.78, 5) is 0. The van der Waals surface area contributed by atoms with Crippen LogP contribution in [0.3, 0.4) is 0 Å². The molecule has 0 saturated heterocycles. The Morgan fingerprint density at radius 2 is 1.74 bits per heavy atom. The van der Waals surface area contributed by atoms with Crippen molar-refractivity contribution >= 4 is 34.1 Å². The zero-order valence-electron chi connectivity index (χ0n) is 9.98. The van der Waals surface area contributed by atoms with E-state index < -0.39 is 0 Å². The van der Waals surface area contributed by atoms with E-state index in [9.17, 15) is 5.11 Å². The van der Waals surface area contributed by atoms with Gasteiger partial charge in [0.05, 0.1) is 10.5 Å². The highest BCUT2D eigenvalue weighted by Crippen LogP contribution is 2.29. The molecule has 0 aliphatic carbocycles. The molecule has 2 aromatic carbocycles. The summed E-state index contributed by atoms with van der Waals surface area (Å²) in [5.74, 6) is 0.271. The minimum absolute atomic E-state index is 0.271. The van der Waals surface area contributed by atoms with E-state index in [1.165, 1.54) is 0 Å². The molecular weight excluding hydrogens is 281 g/mol. The predicted octanol–water partition coefficient (Wildman–Crippen LogP) is 4.70. The van der Waals surface area contributed by atoms with Crippen LogP contribution >= 0.6 is 23.2 Å². The minimum atomic E-state index is 0.271. The molecular formula is C15H11Cl2NO. The first kappa shape index (κ1) is 12.4. The maximum atomic E-state index is 9.29. The number of hydrogen-bond acceptors (Lipinski definition) is 1. The molecule has 0 spiro atoms. The number of halogens is 2. The van der Waals surface area contributed by atoms with Crippen molar-refractivity contribution in [2.24, 2.45) is 0 Å². The molecule has 0 amide bonds. The van der Waals surface area contributed by atoms with Gasteiger partial charge in [0.2, 0.25) is 0 Å². The van der Waals surface area contributed by atoms with Gasteiger partial charge in [-0.1, -0.05) is 35.3 Å². The summed E-state index contributed by atoms with van der Waals surface area (Å²) in [5.41, 5.74) is 2.11. The van der Waals surface area contributed by atoms with Crippen LogP contribution in [-0.4, -0.2) is 9.67 Å². The molecule has 0 unspecified atom stereocenters.